The number of nitrogens with one attached hydrogen (secondary N) is 1. The Kier molecular flexibility index (Phi) is 6.16. The normalized spacial score (nSPS) is 16.3. The first-order valence-corrected chi connectivity index (χ1v) is 9.13. The number of hydrogen-bond donors (Lipinski definition) is 1. The van der Waals surface area contributed by atoms with Crippen molar-refractivity contribution in [2.24, 2.45) is 0 Å². The number of likely N-dealkylation sites (tertiary alicyclic amines) is 1. The highest BCUT2D eigenvalue weighted by Gasteiger charge is 2.30. The van der Waals surface area contributed by atoms with Gasteiger partial charge in [0.05, 0.1) is 20.3 Å². The third-order valence-corrected chi connectivity index (χ3v) is 4.91. The average Bonchev–Trinajstić information content (AvgIpc) is 3.19. The standard InChI is InChI=1S/C21H25FN2O3/c1-26-19-10-7-16(14-20(19)27-2)18-4-3-13-24(18)21(25)23-12-11-15-5-8-17(22)9-6-15/h5-10,14,18H,3-4,11-13H2,1-2H3,(H,23,25). The van der Waals surface area contributed by atoms with E-state index in [0.717, 1.165) is 30.5 Å². The monoisotopic (exact) mass is 372 g/mol. The minimum Gasteiger partial charge on any atom is -0.493 e. The fourth-order valence-electron chi connectivity index (χ4n) is 3.48. The summed E-state index contributed by atoms with van der Waals surface area (Å²) in [6.07, 6.45) is 2.55. The van der Waals surface area contributed by atoms with Crippen LogP contribution in [0.25, 0.3) is 0 Å². The third-order valence-electron chi connectivity index (χ3n) is 4.91. The van der Waals surface area contributed by atoms with E-state index < -0.39 is 0 Å². The van der Waals surface area contributed by atoms with E-state index in [4.69, 9.17) is 9.47 Å². The largest absolute Gasteiger partial charge is 0.493 e. The Bertz CT molecular complexity index is 779. The number of ether oxygens (including phenoxy) is 2. The van der Waals surface area contributed by atoms with Gasteiger partial charge in [0, 0.05) is 13.1 Å². The van der Waals surface area contributed by atoms with E-state index in [0.29, 0.717) is 24.5 Å². The van der Waals surface area contributed by atoms with Gasteiger partial charge in [0.25, 0.3) is 0 Å². The molecule has 6 heteroatoms. The predicted octanol–water partition coefficient (Wildman–Crippen LogP) is 3.93. The zero-order chi connectivity index (χ0) is 19.2. The van der Waals surface area contributed by atoms with Crippen LogP contribution in [0, 0.1) is 5.82 Å². The smallest absolute Gasteiger partial charge is 0.317 e. The van der Waals surface area contributed by atoms with Crippen molar-refractivity contribution < 1.29 is 18.7 Å². The molecule has 1 saturated heterocycles. The summed E-state index contributed by atoms with van der Waals surface area (Å²) >= 11 is 0. The molecule has 5 nitrogen and oxygen atoms in total. The lowest BCUT2D eigenvalue weighted by atomic mass is 10.0. The van der Waals surface area contributed by atoms with Crippen LogP contribution in [0.3, 0.4) is 0 Å². The van der Waals surface area contributed by atoms with Crippen LogP contribution in [-0.4, -0.2) is 38.2 Å². The molecule has 1 aliphatic rings. The molecule has 2 aromatic carbocycles. The summed E-state index contributed by atoms with van der Waals surface area (Å²) in [5.74, 6) is 1.09. The minimum atomic E-state index is -0.252. The fraction of sp³-hybridized carbons (Fsp3) is 0.381. The van der Waals surface area contributed by atoms with Crippen molar-refractivity contribution >= 4 is 6.03 Å². The lowest BCUT2D eigenvalue weighted by Crippen LogP contribution is -2.40. The number of amides is 2. The first kappa shape index (κ1) is 19.0. The molecule has 3 rings (SSSR count). The number of urea groups is 1. The van der Waals surface area contributed by atoms with Crippen LogP contribution in [0.15, 0.2) is 42.5 Å². The highest BCUT2D eigenvalue weighted by atomic mass is 19.1. The third kappa shape index (κ3) is 4.51. The summed E-state index contributed by atoms with van der Waals surface area (Å²) in [5, 5.41) is 2.98. The Balaban J connectivity index is 1.61. The zero-order valence-electron chi connectivity index (χ0n) is 15.7. The molecular formula is C21H25FN2O3. The molecule has 1 heterocycles. The molecule has 1 fully saturated rings. The molecule has 0 radical (unpaired) electrons. The van der Waals surface area contributed by atoms with Gasteiger partial charge in [0.1, 0.15) is 5.82 Å². The molecule has 0 bridgehead atoms. The van der Waals surface area contributed by atoms with Crippen molar-refractivity contribution in [3.63, 3.8) is 0 Å². The highest BCUT2D eigenvalue weighted by molar-refractivity contribution is 5.75. The second kappa shape index (κ2) is 8.75. The quantitative estimate of drug-likeness (QED) is 0.836. The number of methoxy groups -OCH3 is 2. The van der Waals surface area contributed by atoms with Crippen molar-refractivity contribution in [1.29, 1.82) is 0 Å². The van der Waals surface area contributed by atoms with Crippen molar-refractivity contribution in [1.82, 2.24) is 10.2 Å². The lowest BCUT2D eigenvalue weighted by molar-refractivity contribution is 0.193. The van der Waals surface area contributed by atoms with Gasteiger partial charge in [-0.2, -0.15) is 0 Å². The molecule has 0 saturated carbocycles. The molecule has 1 aliphatic heterocycles. The minimum absolute atomic E-state index is 0.0237. The van der Waals surface area contributed by atoms with Gasteiger partial charge in [-0.3, -0.25) is 0 Å². The maximum atomic E-state index is 13.0. The van der Waals surface area contributed by atoms with Crippen molar-refractivity contribution in [3.8, 4) is 11.5 Å². The summed E-state index contributed by atoms with van der Waals surface area (Å²) < 4.78 is 23.6. The second-order valence-corrected chi connectivity index (χ2v) is 6.57. The number of benzene rings is 2. The van der Waals surface area contributed by atoms with E-state index in [2.05, 4.69) is 5.32 Å². The van der Waals surface area contributed by atoms with Gasteiger partial charge in [-0.15, -0.1) is 0 Å². The number of nitrogens with zero attached hydrogens (tertiary/aromatic N) is 1. The van der Waals surface area contributed by atoms with Crippen LogP contribution in [0.4, 0.5) is 9.18 Å². The molecule has 2 aromatic rings. The average molecular weight is 372 g/mol. The first-order valence-electron chi connectivity index (χ1n) is 9.13. The van der Waals surface area contributed by atoms with E-state index in [-0.39, 0.29) is 17.9 Å². The Morgan fingerprint density at radius 3 is 2.59 bits per heavy atom. The van der Waals surface area contributed by atoms with Crippen LogP contribution in [0.2, 0.25) is 0 Å². The predicted molar refractivity (Wildman–Crippen MR) is 102 cm³/mol. The van der Waals surface area contributed by atoms with E-state index in [1.807, 2.05) is 23.1 Å². The van der Waals surface area contributed by atoms with Crippen molar-refractivity contribution in [3.05, 3.63) is 59.4 Å². The van der Waals surface area contributed by atoms with Gasteiger partial charge in [0.2, 0.25) is 0 Å². The molecular weight excluding hydrogens is 347 g/mol. The van der Waals surface area contributed by atoms with Crippen LogP contribution in [-0.2, 0) is 6.42 Å². The summed E-state index contributed by atoms with van der Waals surface area (Å²) in [6, 6.07) is 12.1. The Hall–Kier alpha value is -2.76. The number of carbonyl (C=O) groups is 1. The van der Waals surface area contributed by atoms with Gasteiger partial charge in [-0.05, 0) is 54.7 Å². The first-order chi connectivity index (χ1) is 13.1. The van der Waals surface area contributed by atoms with E-state index in [9.17, 15) is 9.18 Å². The van der Waals surface area contributed by atoms with Crippen LogP contribution in [0.1, 0.15) is 30.0 Å². The van der Waals surface area contributed by atoms with E-state index in [1.165, 1.54) is 12.1 Å². The number of carbonyl (C=O) groups excluding carboxylic acids is 1. The molecule has 1 N–H and O–H groups in total. The number of halogens is 1. The Labute approximate surface area is 159 Å². The molecule has 1 unspecified atom stereocenters. The van der Waals surface area contributed by atoms with Gasteiger partial charge < -0.3 is 19.7 Å². The summed E-state index contributed by atoms with van der Waals surface area (Å²) in [5.41, 5.74) is 2.04. The van der Waals surface area contributed by atoms with E-state index >= 15 is 0 Å². The molecule has 2 amide bonds. The maximum absolute atomic E-state index is 13.0. The molecule has 144 valence electrons. The van der Waals surface area contributed by atoms with Crippen molar-refractivity contribution in [2.45, 2.75) is 25.3 Å². The van der Waals surface area contributed by atoms with Gasteiger partial charge in [-0.25, -0.2) is 9.18 Å². The van der Waals surface area contributed by atoms with E-state index in [1.54, 1.807) is 26.4 Å². The maximum Gasteiger partial charge on any atom is 0.317 e. The van der Waals surface area contributed by atoms with Gasteiger partial charge in [-0.1, -0.05) is 18.2 Å². The van der Waals surface area contributed by atoms with Gasteiger partial charge in [0.15, 0.2) is 11.5 Å². The van der Waals surface area contributed by atoms with Crippen molar-refractivity contribution in [2.75, 3.05) is 27.3 Å². The van der Waals surface area contributed by atoms with Crippen LogP contribution in [0.5, 0.6) is 11.5 Å². The highest BCUT2D eigenvalue weighted by Crippen LogP contribution is 2.36. The molecule has 0 spiro atoms. The summed E-state index contributed by atoms with van der Waals surface area (Å²) in [6.45, 7) is 1.24. The Morgan fingerprint density at radius 2 is 1.89 bits per heavy atom. The van der Waals surface area contributed by atoms with Gasteiger partial charge >= 0.3 is 6.03 Å². The fourth-order valence-corrected chi connectivity index (χ4v) is 3.48. The number of hydrogen-bond acceptors (Lipinski definition) is 3. The summed E-state index contributed by atoms with van der Waals surface area (Å²) in [4.78, 5) is 14.5. The Morgan fingerprint density at radius 1 is 1.15 bits per heavy atom. The molecule has 0 aromatic heterocycles. The van der Waals surface area contributed by atoms with Crippen LogP contribution < -0.4 is 14.8 Å². The topological polar surface area (TPSA) is 50.8 Å². The zero-order valence-corrected chi connectivity index (χ0v) is 15.7. The number of rotatable bonds is 6. The summed E-state index contributed by atoms with van der Waals surface area (Å²) in [7, 11) is 3.21. The molecule has 0 aliphatic carbocycles. The lowest BCUT2D eigenvalue weighted by Gasteiger charge is -2.26. The van der Waals surface area contributed by atoms with Crippen LogP contribution >= 0.6 is 0 Å². The molecule has 1 atom stereocenters. The SMILES string of the molecule is COc1ccc(C2CCCN2C(=O)NCCc2ccc(F)cc2)cc1OC. The molecule has 27 heavy (non-hydrogen) atoms. The second-order valence-electron chi connectivity index (χ2n) is 6.57.